The Kier molecular flexibility index (Phi) is 2.24. The number of hydrogen-bond acceptors (Lipinski definition) is 2. The van der Waals surface area contributed by atoms with E-state index < -0.39 is 11.1 Å². The minimum Gasteiger partial charge on any atom is -0.477 e. The first-order chi connectivity index (χ1) is 4.61. The fraction of sp³-hybridized carbons (Fsp3) is 0. The van der Waals surface area contributed by atoms with E-state index in [1.54, 1.807) is 22.6 Å². The lowest BCUT2D eigenvalue weighted by molar-refractivity contribution is 0.0702. The lowest BCUT2D eigenvalue weighted by Gasteiger charge is -1.79. The summed E-state index contributed by atoms with van der Waals surface area (Å²) in [5.74, 6) is -1.08. The van der Waals surface area contributed by atoms with Crippen molar-refractivity contribution in [2.24, 2.45) is 0 Å². The monoisotopic (exact) mass is 272 g/mol. The van der Waals surface area contributed by atoms with E-state index in [4.69, 9.17) is 5.11 Å². The van der Waals surface area contributed by atoms with Crippen molar-refractivity contribution in [3.05, 3.63) is 19.6 Å². The molecule has 0 spiro atoms. The van der Waals surface area contributed by atoms with E-state index in [0.29, 0.717) is 14.9 Å². The molecule has 0 aliphatic carbocycles. The summed E-state index contributed by atoms with van der Waals surface area (Å²) in [5, 5.41) is 7.93. The summed E-state index contributed by atoms with van der Waals surface area (Å²) in [6, 6.07) is 1.31. The first-order valence-corrected chi connectivity index (χ1v) is 4.19. The van der Waals surface area contributed by atoms with Gasteiger partial charge in [-0.25, -0.2) is 4.79 Å². The number of thiophene rings is 1. The standard InChI is InChI=1S/C5H2FIO2S/c6-4-2(7)1-3(10-4)5(8)9/h1H,(H,8,9). The quantitative estimate of drug-likeness (QED) is 0.796. The molecule has 0 aromatic carbocycles. The van der Waals surface area contributed by atoms with Gasteiger partial charge in [-0.05, 0) is 28.7 Å². The zero-order valence-corrected chi connectivity index (χ0v) is 7.57. The lowest BCUT2D eigenvalue weighted by atomic mass is 10.5. The molecule has 1 aromatic heterocycles. The molecular weight excluding hydrogens is 270 g/mol. The van der Waals surface area contributed by atoms with Crippen LogP contribution in [0.1, 0.15) is 9.67 Å². The lowest BCUT2D eigenvalue weighted by Crippen LogP contribution is -1.89. The maximum Gasteiger partial charge on any atom is 0.346 e. The molecule has 1 N–H and O–H groups in total. The summed E-state index contributed by atoms with van der Waals surface area (Å²) in [4.78, 5) is 10.3. The minimum atomic E-state index is -1.08. The number of aromatic carboxylic acids is 1. The van der Waals surface area contributed by atoms with Crippen LogP contribution >= 0.6 is 33.9 Å². The molecule has 0 aliphatic heterocycles. The second-order valence-electron chi connectivity index (χ2n) is 1.54. The smallest absolute Gasteiger partial charge is 0.346 e. The second-order valence-corrected chi connectivity index (χ2v) is 3.70. The van der Waals surface area contributed by atoms with Crippen LogP contribution in [-0.2, 0) is 0 Å². The van der Waals surface area contributed by atoms with Gasteiger partial charge >= 0.3 is 5.97 Å². The number of carbonyl (C=O) groups is 1. The number of carboxylic acids is 1. The summed E-state index contributed by atoms with van der Waals surface area (Å²) in [6.45, 7) is 0. The van der Waals surface area contributed by atoms with Crippen molar-refractivity contribution in [3.63, 3.8) is 0 Å². The predicted molar refractivity (Wildman–Crippen MR) is 44.0 cm³/mol. The number of halogens is 2. The molecule has 54 valence electrons. The molecule has 0 fully saturated rings. The molecule has 0 aliphatic rings. The molecule has 0 amide bonds. The van der Waals surface area contributed by atoms with Crippen molar-refractivity contribution in [1.29, 1.82) is 0 Å². The normalized spacial score (nSPS) is 9.80. The fourth-order valence-corrected chi connectivity index (χ4v) is 1.92. The van der Waals surface area contributed by atoms with E-state index >= 15 is 0 Å². The fourth-order valence-electron chi connectivity index (χ4n) is 0.452. The summed E-state index contributed by atoms with van der Waals surface area (Å²) in [7, 11) is 0. The largest absolute Gasteiger partial charge is 0.477 e. The van der Waals surface area contributed by atoms with Gasteiger partial charge in [-0.15, -0.1) is 0 Å². The van der Waals surface area contributed by atoms with E-state index in [1.165, 1.54) is 6.07 Å². The van der Waals surface area contributed by atoms with Gasteiger partial charge in [-0.2, -0.15) is 4.39 Å². The van der Waals surface area contributed by atoms with Crippen LogP contribution in [0.4, 0.5) is 4.39 Å². The van der Waals surface area contributed by atoms with Gasteiger partial charge in [0.15, 0.2) is 5.13 Å². The zero-order valence-electron chi connectivity index (χ0n) is 4.60. The first kappa shape index (κ1) is 7.93. The highest BCUT2D eigenvalue weighted by atomic mass is 127. The van der Waals surface area contributed by atoms with Crippen LogP contribution in [0.25, 0.3) is 0 Å². The summed E-state index contributed by atoms with van der Waals surface area (Å²) >= 11 is 2.40. The molecule has 5 heteroatoms. The number of rotatable bonds is 1. The van der Waals surface area contributed by atoms with Crippen molar-refractivity contribution in [1.82, 2.24) is 0 Å². The Bertz CT molecular complexity index is 251. The average Bonchev–Trinajstić information content (AvgIpc) is 2.13. The van der Waals surface area contributed by atoms with Gasteiger partial charge in [0, 0.05) is 0 Å². The van der Waals surface area contributed by atoms with Crippen LogP contribution in [0.2, 0.25) is 0 Å². The molecule has 0 bridgehead atoms. The number of carboxylic acid groups (broad SMARTS) is 1. The summed E-state index contributed by atoms with van der Waals surface area (Å²) < 4.78 is 12.8. The molecule has 1 aromatic rings. The third kappa shape index (κ3) is 1.46. The summed E-state index contributed by atoms with van der Waals surface area (Å²) in [6.07, 6.45) is 0. The van der Waals surface area contributed by atoms with E-state index in [-0.39, 0.29) is 4.88 Å². The molecule has 1 rings (SSSR count). The van der Waals surface area contributed by atoms with Crippen LogP contribution < -0.4 is 0 Å². The van der Waals surface area contributed by atoms with Crippen LogP contribution in [0.5, 0.6) is 0 Å². The first-order valence-electron chi connectivity index (χ1n) is 2.29. The van der Waals surface area contributed by atoms with Gasteiger partial charge in [0.05, 0.1) is 3.57 Å². The SMILES string of the molecule is O=C(O)c1cc(I)c(F)s1. The molecule has 0 radical (unpaired) electrons. The van der Waals surface area contributed by atoms with Gasteiger partial charge < -0.3 is 5.11 Å². The molecule has 0 saturated heterocycles. The zero-order chi connectivity index (χ0) is 7.72. The summed E-state index contributed by atoms with van der Waals surface area (Å²) in [5.41, 5.74) is 0. The van der Waals surface area contributed by atoms with Crippen molar-refractivity contribution >= 4 is 39.9 Å². The molecule has 0 unspecified atom stereocenters. The van der Waals surface area contributed by atoms with E-state index in [9.17, 15) is 9.18 Å². The van der Waals surface area contributed by atoms with E-state index in [2.05, 4.69) is 0 Å². The van der Waals surface area contributed by atoms with Gasteiger partial charge in [-0.1, -0.05) is 11.3 Å². The minimum absolute atomic E-state index is 0.0434. The van der Waals surface area contributed by atoms with E-state index in [1.807, 2.05) is 0 Å². The highest BCUT2D eigenvalue weighted by molar-refractivity contribution is 14.1. The van der Waals surface area contributed by atoms with Crippen molar-refractivity contribution < 1.29 is 14.3 Å². The van der Waals surface area contributed by atoms with Crippen LogP contribution in [0.3, 0.4) is 0 Å². The van der Waals surface area contributed by atoms with Crippen LogP contribution in [0.15, 0.2) is 6.07 Å². The van der Waals surface area contributed by atoms with Gasteiger partial charge in [-0.3, -0.25) is 0 Å². The predicted octanol–water partition coefficient (Wildman–Crippen LogP) is 2.19. The Morgan fingerprint density at radius 1 is 1.80 bits per heavy atom. The average molecular weight is 272 g/mol. The maximum absolute atomic E-state index is 12.4. The van der Waals surface area contributed by atoms with Gasteiger partial charge in [0.2, 0.25) is 0 Å². The Morgan fingerprint density at radius 2 is 2.40 bits per heavy atom. The highest BCUT2D eigenvalue weighted by Crippen LogP contribution is 2.21. The van der Waals surface area contributed by atoms with Crippen LogP contribution in [0, 0.1) is 8.70 Å². The number of hydrogen-bond donors (Lipinski definition) is 1. The third-order valence-electron chi connectivity index (χ3n) is 0.856. The van der Waals surface area contributed by atoms with Gasteiger partial charge in [0.1, 0.15) is 4.88 Å². The Labute approximate surface area is 73.8 Å². The molecule has 10 heavy (non-hydrogen) atoms. The third-order valence-corrected chi connectivity index (χ3v) is 2.92. The highest BCUT2D eigenvalue weighted by Gasteiger charge is 2.10. The van der Waals surface area contributed by atoms with Crippen molar-refractivity contribution in [2.45, 2.75) is 0 Å². The molecular formula is C5H2FIO2S. The topological polar surface area (TPSA) is 37.3 Å². The second kappa shape index (κ2) is 2.83. The Balaban J connectivity index is 3.10. The molecule has 0 saturated carbocycles. The molecule has 1 heterocycles. The Morgan fingerprint density at radius 3 is 2.60 bits per heavy atom. The molecule has 0 atom stereocenters. The van der Waals surface area contributed by atoms with Crippen molar-refractivity contribution in [2.75, 3.05) is 0 Å². The van der Waals surface area contributed by atoms with E-state index in [0.717, 1.165) is 0 Å². The van der Waals surface area contributed by atoms with Gasteiger partial charge in [0.25, 0.3) is 0 Å². The van der Waals surface area contributed by atoms with Crippen molar-refractivity contribution in [3.8, 4) is 0 Å². The Hall–Kier alpha value is -0.170. The van der Waals surface area contributed by atoms with Crippen LogP contribution in [-0.4, -0.2) is 11.1 Å². The maximum atomic E-state index is 12.4. The molecule has 2 nitrogen and oxygen atoms in total.